The summed E-state index contributed by atoms with van der Waals surface area (Å²) in [5.41, 5.74) is 9.16. The molecule has 1 saturated heterocycles. The molecule has 2 unspecified atom stereocenters. The molecule has 3 N–H and O–H groups in total. The first-order valence-electron chi connectivity index (χ1n) is 11.1. The van der Waals surface area contributed by atoms with E-state index in [0.717, 1.165) is 41.9 Å². The van der Waals surface area contributed by atoms with Crippen LogP contribution in [0.25, 0.3) is 5.69 Å². The van der Waals surface area contributed by atoms with Gasteiger partial charge in [0.25, 0.3) is 5.82 Å². The molecule has 2 aromatic carbocycles. The predicted octanol–water partition coefficient (Wildman–Crippen LogP) is 3.11. The Morgan fingerprint density at radius 1 is 1.12 bits per heavy atom. The second-order valence-electron chi connectivity index (χ2n) is 8.26. The molecule has 1 aliphatic rings. The van der Waals surface area contributed by atoms with Crippen LogP contribution in [0.15, 0.2) is 48.5 Å². The van der Waals surface area contributed by atoms with E-state index in [9.17, 15) is 13.2 Å². The number of likely N-dealkylation sites (N-methyl/N-ethyl adjacent to an activating group) is 1. The highest BCUT2D eigenvalue weighted by Gasteiger charge is 2.38. The van der Waals surface area contributed by atoms with Crippen LogP contribution in [-0.2, 0) is 19.3 Å². The second-order valence-corrected chi connectivity index (χ2v) is 8.26. The van der Waals surface area contributed by atoms with Crippen molar-refractivity contribution in [1.82, 2.24) is 30.4 Å². The number of hydrogen-bond acceptors (Lipinski definition) is 6. The lowest BCUT2D eigenvalue weighted by Crippen LogP contribution is -2.47. The van der Waals surface area contributed by atoms with Crippen LogP contribution in [0, 0.1) is 0 Å². The topological polar surface area (TPSA) is 84.9 Å². The van der Waals surface area contributed by atoms with Crippen molar-refractivity contribution in [2.75, 3.05) is 19.6 Å². The Balaban J connectivity index is 1.57. The molecule has 0 aliphatic carbocycles. The molecule has 1 aromatic heterocycles. The Kier molecular flexibility index (Phi) is 7.06. The van der Waals surface area contributed by atoms with Crippen LogP contribution in [0.5, 0.6) is 0 Å². The lowest BCUT2D eigenvalue weighted by atomic mass is 9.85. The maximum atomic E-state index is 13.3. The van der Waals surface area contributed by atoms with Gasteiger partial charge in [0.15, 0.2) is 0 Å². The standard InChI is InChI=1S/C23H28F3N7/c1-2-32-11-10-21(20(15-32)16-6-4-3-5-7-16)28-14-18-12-19(9-8-17(18)13-27)33-22(23(24,25)26)29-30-31-33/h3-9,12,20-21,28H,2,10-11,13-15,27H2,1H3. The van der Waals surface area contributed by atoms with E-state index in [4.69, 9.17) is 5.73 Å². The summed E-state index contributed by atoms with van der Waals surface area (Å²) >= 11 is 0. The van der Waals surface area contributed by atoms with Crippen LogP contribution >= 0.6 is 0 Å². The van der Waals surface area contributed by atoms with Crippen molar-refractivity contribution in [2.24, 2.45) is 5.73 Å². The van der Waals surface area contributed by atoms with E-state index in [1.807, 2.05) is 6.07 Å². The highest BCUT2D eigenvalue weighted by molar-refractivity contribution is 5.41. The third kappa shape index (κ3) is 5.23. The maximum Gasteiger partial charge on any atom is 0.453 e. The zero-order valence-electron chi connectivity index (χ0n) is 18.5. The average Bonchev–Trinajstić information content (AvgIpc) is 3.34. The van der Waals surface area contributed by atoms with Gasteiger partial charge in [-0.2, -0.15) is 17.9 Å². The van der Waals surface area contributed by atoms with Crippen LogP contribution in [0.4, 0.5) is 13.2 Å². The number of alkyl halides is 3. The quantitative estimate of drug-likeness (QED) is 0.565. The summed E-state index contributed by atoms with van der Waals surface area (Å²) in [7, 11) is 0. The molecule has 176 valence electrons. The van der Waals surface area contributed by atoms with Crippen LogP contribution in [0.2, 0.25) is 0 Å². The van der Waals surface area contributed by atoms with Gasteiger partial charge in [-0.3, -0.25) is 0 Å². The molecular weight excluding hydrogens is 431 g/mol. The Morgan fingerprint density at radius 2 is 1.91 bits per heavy atom. The average molecular weight is 460 g/mol. The fourth-order valence-corrected chi connectivity index (χ4v) is 4.48. The van der Waals surface area contributed by atoms with Crippen molar-refractivity contribution >= 4 is 0 Å². The van der Waals surface area contributed by atoms with Gasteiger partial charge < -0.3 is 16.0 Å². The SMILES string of the molecule is CCN1CCC(NCc2cc(-n3nnnc3C(F)(F)F)ccc2CN)C(c2ccccc2)C1. The summed E-state index contributed by atoms with van der Waals surface area (Å²) in [5, 5.41) is 13.6. The van der Waals surface area contributed by atoms with E-state index < -0.39 is 12.0 Å². The summed E-state index contributed by atoms with van der Waals surface area (Å²) in [6.45, 7) is 5.91. The summed E-state index contributed by atoms with van der Waals surface area (Å²) in [5.74, 6) is -0.834. The Hall–Kier alpha value is -2.82. The minimum Gasteiger partial charge on any atom is -0.326 e. The molecule has 0 bridgehead atoms. The predicted molar refractivity (Wildman–Crippen MR) is 119 cm³/mol. The zero-order chi connectivity index (χ0) is 23.4. The molecule has 0 spiro atoms. The minimum atomic E-state index is -4.65. The smallest absolute Gasteiger partial charge is 0.326 e. The largest absolute Gasteiger partial charge is 0.453 e. The number of aromatic nitrogens is 4. The molecule has 2 heterocycles. The summed E-state index contributed by atoms with van der Waals surface area (Å²) in [4.78, 5) is 2.44. The third-order valence-corrected chi connectivity index (χ3v) is 6.30. The van der Waals surface area contributed by atoms with Crippen molar-refractivity contribution < 1.29 is 13.2 Å². The lowest BCUT2D eigenvalue weighted by Gasteiger charge is -2.39. The first-order chi connectivity index (χ1) is 15.9. The highest BCUT2D eigenvalue weighted by Crippen LogP contribution is 2.30. The molecule has 0 amide bonds. The molecule has 33 heavy (non-hydrogen) atoms. The maximum absolute atomic E-state index is 13.3. The van der Waals surface area contributed by atoms with Crippen LogP contribution in [0.3, 0.4) is 0 Å². The molecule has 1 fully saturated rings. The number of tetrazole rings is 1. The van der Waals surface area contributed by atoms with Crippen molar-refractivity contribution in [1.29, 1.82) is 0 Å². The summed E-state index contributed by atoms with van der Waals surface area (Å²) in [6, 6.07) is 15.6. The summed E-state index contributed by atoms with van der Waals surface area (Å²) in [6.07, 6.45) is -3.67. The Labute approximate surface area is 190 Å². The molecule has 4 rings (SSSR count). The number of piperidine rings is 1. The molecule has 0 radical (unpaired) electrons. The first kappa shape index (κ1) is 23.3. The van der Waals surface area contributed by atoms with Gasteiger partial charge in [-0.15, -0.1) is 5.10 Å². The molecule has 10 heteroatoms. The van der Waals surface area contributed by atoms with Crippen LogP contribution in [-0.4, -0.2) is 50.8 Å². The minimum absolute atomic E-state index is 0.239. The van der Waals surface area contributed by atoms with Gasteiger partial charge in [-0.25, -0.2) is 0 Å². The molecule has 1 aliphatic heterocycles. The van der Waals surface area contributed by atoms with Crippen LogP contribution in [0.1, 0.15) is 41.8 Å². The van der Waals surface area contributed by atoms with E-state index in [1.54, 1.807) is 18.2 Å². The number of halogens is 3. The molecule has 2 atom stereocenters. The van der Waals surface area contributed by atoms with Gasteiger partial charge in [-0.1, -0.05) is 43.3 Å². The number of benzene rings is 2. The molecule has 3 aromatic rings. The van der Waals surface area contributed by atoms with E-state index in [1.165, 1.54) is 5.56 Å². The van der Waals surface area contributed by atoms with Gasteiger partial charge in [0.1, 0.15) is 0 Å². The molecular formula is C23H28F3N7. The Bertz CT molecular complexity index is 1050. The monoisotopic (exact) mass is 459 g/mol. The van der Waals surface area contributed by atoms with Crippen molar-refractivity contribution in [3.8, 4) is 5.69 Å². The zero-order valence-corrected chi connectivity index (χ0v) is 18.5. The number of nitrogens with two attached hydrogens (primary N) is 1. The Morgan fingerprint density at radius 3 is 2.61 bits per heavy atom. The van der Waals surface area contributed by atoms with Gasteiger partial charge in [0.05, 0.1) is 5.69 Å². The van der Waals surface area contributed by atoms with Crippen LogP contribution < -0.4 is 11.1 Å². The fourth-order valence-electron chi connectivity index (χ4n) is 4.48. The normalized spacial score (nSPS) is 19.7. The van der Waals surface area contributed by atoms with E-state index in [-0.39, 0.29) is 18.3 Å². The van der Waals surface area contributed by atoms with Gasteiger partial charge in [0, 0.05) is 31.6 Å². The molecule has 0 saturated carbocycles. The van der Waals surface area contributed by atoms with Crippen molar-refractivity contribution in [2.45, 2.75) is 44.6 Å². The summed E-state index contributed by atoms with van der Waals surface area (Å²) < 4.78 is 40.5. The van der Waals surface area contributed by atoms with Crippen molar-refractivity contribution in [3.63, 3.8) is 0 Å². The lowest BCUT2D eigenvalue weighted by molar-refractivity contribution is -0.146. The fraction of sp³-hybridized carbons (Fsp3) is 0.435. The number of hydrogen-bond donors (Lipinski definition) is 2. The molecule has 7 nitrogen and oxygen atoms in total. The van der Waals surface area contributed by atoms with Gasteiger partial charge >= 0.3 is 6.18 Å². The van der Waals surface area contributed by atoms with E-state index in [0.29, 0.717) is 12.5 Å². The van der Waals surface area contributed by atoms with Gasteiger partial charge in [-0.05, 0) is 58.8 Å². The number of nitrogens with one attached hydrogen (secondary N) is 1. The van der Waals surface area contributed by atoms with Gasteiger partial charge in [0.2, 0.25) is 0 Å². The second kappa shape index (κ2) is 9.98. The number of nitrogens with zero attached hydrogens (tertiary/aromatic N) is 5. The van der Waals surface area contributed by atoms with E-state index >= 15 is 0 Å². The van der Waals surface area contributed by atoms with E-state index in [2.05, 4.69) is 56.9 Å². The van der Waals surface area contributed by atoms with Crippen molar-refractivity contribution in [3.05, 3.63) is 71.0 Å². The number of rotatable bonds is 7. The number of likely N-dealkylation sites (tertiary alicyclic amines) is 1. The highest BCUT2D eigenvalue weighted by atomic mass is 19.4. The third-order valence-electron chi connectivity index (χ3n) is 6.30. The first-order valence-corrected chi connectivity index (χ1v) is 11.1.